The summed E-state index contributed by atoms with van der Waals surface area (Å²) in [5.74, 6) is 0.0552. The molecule has 0 unspecified atom stereocenters. The van der Waals surface area contributed by atoms with Gasteiger partial charge in [-0.25, -0.2) is 0 Å². The number of carbonyl (C=O) groups excluding carboxylic acids is 1. The maximum atomic E-state index is 12.0. The first-order valence-corrected chi connectivity index (χ1v) is 7.34. The summed E-state index contributed by atoms with van der Waals surface area (Å²) in [5.41, 5.74) is 8.26. The number of hydrogen-bond donors (Lipinski definition) is 2. The maximum absolute atomic E-state index is 12.0. The normalized spacial score (nSPS) is 11.1. The first-order valence-electron chi connectivity index (χ1n) is 7.34. The van der Waals surface area contributed by atoms with Crippen molar-refractivity contribution in [2.45, 2.75) is 46.6 Å². The Morgan fingerprint density at radius 3 is 2.60 bits per heavy atom. The third kappa shape index (κ3) is 5.21. The van der Waals surface area contributed by atoms with E-state index in [4.69, 9.17) is 5.73 Å². The molecule has 0 atom stereocenters. The zero-order valence-corrected chi connectivity index (χ0v) is 13.1. The molecule has 0 fully saturated rings. The molecule has 1 rings (SSSR count). The van der Waals surface area contributed by atoms with Gasteiger partial charge in [0.05, 0.1) is 0 Å². The quantitative estimate of drug-likeness (QED) is 0.753. The molecule has 1 aromatic carbocycles. The summed E-state index contributed by atoms with van der Waals surface area (Å²) in [6, 6.07) is 6.00. The topological polar surface area (TPSA) is 58.4 Å². The predicted molar refractivity (Wildman–Crippen MR) is 85.8 cm³/mol. The summed E-state index contributed by atoms with van der Waals surface area (Å²) < 4.78 is 0. The van der Waals surface area contributed by atoms with Gasteiger partial charge in [0.15, 0.2) is 0 Å². The lowest BCUT2D eigenvalue weighted by molar-refractivity contribution is -0.116. The molecule has 20 heavy (non-hydrogen) atoms. The fourth-order valence-electron chi connectivity index (χ4n) is 2.20. The van der Waals surface area contributed by atoms with Crippen LogP contribution in [0.3, 0.4) is 0 Å². The van der Waals surface area contributed by atoms with Crippen LogP contribution in [0.5, 0.6) is 0 Å². The minimum Gasteiger partial charge on any atom is -0.399 e. The van der Waals surface area contributed by atoms with Gasteiger partial charge in [-0.2, -0.15) is 0 Å². The molecule has 1 amide bonds. The van der Waals surface area contributed by atoms with Crippen LogP contribution in [-0.4, -0.2) is 29.9 Å². The molecule has 0 saturated heterocycles. The lowest BCUT2D eigenvalue weighted by Gasteiger charge is -2.25. The molecular formula is C16H27N3O. The number of rotatable bonds is 7. The second-order valence-corrected chi connectivity index (χ2v) is 5.50. The van der Waals surface area contributed by atoms with Gasteiger partial charge in [-0.1, -0.05) is 6.92 Å². The predicted octanol–water partition coefficient (Wildman–Crippen LogP) is 3.03. The van der Waals surface area contributed by atoms with Crippen LogP contribution in [0.1, 0.15) is 39.2 Å². The van der Waals surface area contributed by atoms with Crippen LogP contribution in [0, 0.1) is 6.92 Å². The van der Waals surface area contributed by atoms with Crippen LogP contribution in [-0.2, 0) is 4.79 Å². The van der Waals surface area contributed by atoms with Crippen LogP contribution >= 0.6 is 0 Å². The third-order valence-electron chi connectivity index (χ3n) is 3.39. The molecule has 0 spiro atoms. The molecular weight excluding hydrogens is 250 g/mol. The fourth-order valence-corrected chi connectivity index (χ4v) is 2.20. The summed E-state index contributed by atoms with van der Waals surface area (Å²) in [5, 5.41) is 2.95. The Morgan fingerprint density at radius 1 is 1.35 bits per heavy atom. The van der Waals surface area contributed by atoms with Crippen molar-refractivity contribution in [3.8, 4) is 0 Å². The van der Waals surface area contributed by atoms with E-state index in [0.717, 1.165) is 36.4 Å². The molecule has 4 nitrogen and oxygen atoms in total. The summed E-state index contributed by atoms with van der Waals surface area (Å²) in [6.07, 6.45) is 1.62. The van der Waals surface area contributed by atoms with Gasteiger partial charge in [0.1, 0.15) is 0 Å². The molecule has 0 aliphatic heterocycles. The van der Waals surface area contributed by atoms with Crippen molar-refractivity contribution >= 4 is 17.3 Å². The van der Waals surface area contributed by atoms with E-state index >= 15 is 0 Å². The van der Waals surface area contributed by atoms with E-state index in [2.05, 4.69) is 31.0 Å². The van der Waals surface area contributed by atoms with Crippen LogP contribution in [0.4, 0.5) is 11.4 Å². The van der Waals surface area contributed by atoms with Crippen LogP contribution < -0.4 is 11.1 Å². The van der Waals surface area contributed by atoms with Gasteiger partial charge in [-0.05, 0) is 57.5 Å². The summed E-state index contributed by atoms with van der Waals surface area (Å²) in [7, 11) is 0. The maximum Gasteiger partial charge on any atom is 0.225 e. The van der Waals surface area contributed by atoms with E-state index in [9.17, 15) is 4.79 Å². The summed E-state index contributed by atoms with van der Waals surface area (Å²) in [6.45, 7) is 10.3. The van der Waals surface area contributed by atoms with Crippen LogP contribution in [0.2, 0.25) is 0 Å². The van der Waals surface area contributed by atoms with Crippen LogP contribution in [0.25, 0.3) is 0 Å². The van der Waals surface area contributed by atoms with E-state index in [-0.39, 0.29) is 5.91 Å². The highest BCUT2D eigenvalue weighted by molar-refractivity contribution is 5.91. The molecule has 0 bridgehead atoms. The summed E-state index contributed by atoms with van der Waals surface area (Å²) in [4.78, 5) is 14.3. The van der Waals surface area contributed by atoms with Crippen molar-refractivity contribution in [3.63, 3.8) is 0 Å². The second kappa shape index (κ2) is 7.90. The smallest absolute Gasteiger partial charge is 0.225 e. The van der Waals surface area contributed by atoms with Crippen molar-refractivity contribution in [3.05, 3.63) is 23.8 Å². The number of nitrogens with zero attached hydrogens (tertiary/aromatic N) is 1. The second-order valence-electron chi connectivity index (χ2n) is 5.50. The molecule has 0 radical (unpaired) electrons. The molecule has 1 aromatic rings. The van der Waals surface area contributed by atoms with Crippen molar-refractivity contribution < 1.29 is 4.79 Å². The Hall–Kier alpha value is -1.55. The first kappa shape index (κ1) is 16.5. The summed E-state index contributed by atoms with van der Waals surface area (Å²) >= 11 is 0. The van der Waals surface area contributed by atoms with Crippen molar-refractivity contribution in [1.82, 2.24) is 4.90 Å². The Morgan fingerprint density at radius 2 is 2.05 bits per heavy atom. The van der Waals surface area contributed by atoms with E-state index in [1.807, 2.05) is 19.1 Å². The van der Waals surface area contributed by atoms with Crippen molar-refractivity contribution in [2.75, 3.05) is 24.1 Å². The Kier molecular flexibility index (Phi) is 6.52. The lowest BCUT2D eigenvalue weighted by atomic mass is 10.1. The third-order valence-corrected chi connectivity index (χ3v) is 3.39. The highest BCUT2D eigenvalue weighted by Crippen LogP contribution is 2.17. The van der Waals surface area contributed by atoms with Gasteiger partial charge >= 0.3 is 0 Å². The number of nitrogen functional groups attached to an aromatic ring is 1. The number of hydrogen-bond acceptors (Lipinski definition) is 3. The largest absolute Gasteiger partial charge is 0.399 e. The average Bonchev–Trinajstić information content (AvgIpc) is 2.37. The standard InChI is InChI=1S/C16H27N3O/c1-5-9-19(12(2)3)10-8-16(20)18-15-7-6-14(17)11-13(15)4/h6-7,11-12H,5,8-10,17H2,1-4H3,(H,18,20). The monoisotopic (exact) mass is 277 g/mol. The highest BCUT2D eigenvalue weighted by Gasteiger charge is 2.11. The van der Waals surface area contributed by atoms with E-state index in [1.165, 1.54) is 0 Å². The minimum absolute atomic E-state index is 0.0552. The van der Waals surface area contributed by atoms with Gasteiger partial charge in [0.2, 0.25) is 5.91 Å². The fraction of sp³-hybridized carbons (Fsp3) is 0.562. The number of anilines is 2. The Labute approximate surface area is 122 Å². The molecule has 112 valence electrons. The molecule has 3 N–H and O–H groups in total. The number of nitrogens with one attached hydrogen (secondary N) is 1. The van der Waals surface area contributed by atoms with Gasteiger partial charge in [0.25, 0.3) is 0 Å². The molecule has 0 heterocycles. The molecule has 0 aliphatic rings. The first-order chi connectivity index (χ1) is 9.43. The number of carbonyl (C=O) groups is 1. The van der Waals surface area contributed by atoms with Crippen molar-refractivity contribution in [2.24, 2.45) is 0 Å². The van der Waals surface area contributed by atoms with Gasteiger partial charge in [-0.3, -0.25) is 4.79 Å². The van der Waals surface area contributed by atoms with Crippen molar-refractivity contribution in [1.29, 1.82) is 0 Å². The minimum atomic E-state index is 0.0552. The van der Waals surface area contributed by atoms with Gasteiger partial charge in [0, 0.05) is 30.4 Å². The lowest BCUT2D eigenvalue weighted by Crippen LogP contribution is -2.34. The van der Waals surface area contributed by atoms with Gasteiger partial charge in [-0.15, -0.1) is 0 Å². The zero-order valence-electron chi connectivity index (χ0n) is 13.1. The van der Waals surface area contributed by atoms with E-state index in [1.54, 1.807) is 6.07 Å². The Balaban J connectivity index is 2.51. The molecule has 4 heteroatoms. The molecule has 0 aromatic heterocycles. The van der Waals surface area contributed by atoms with Gasteiger partial charge < -0.3 is 16.0 Å². The molecule has 0 aliphatic carbocycles. The van der Waals surface area contributed by atoms with E-state index < -0.39 is 0 Å². The number of aryl methyl sites for hydroxylation is 1. The number of benzene rings is 1. The Bertz CT molecular complexity index is 443. The average molecular weight is 277 g/mol. The zero-order chi connectivity index (χ0) is 15.1. The molecule has 0 saturated carbocycles. The number of nitrogens with two attached hydrogens (primary N) is 1. The van der Waals surface area contributed by atoms with E-state index in [0.29, 0.717) is 12.5 Å². The highest BCUT2D eigenvalue weighted by atomic mass is 16.1. The SMILES string of the molecule is CCCN(CCC(=O)Nc1ccc(N)cc1C)C(C)C. The number of amides is 1. The van der Waals surface area contributed by atoms with Crippen LogP contribution in [0.15, 0.2) is 18.2 Å².